The normalized spacial score (nSPS) is 12.7. The van der Waals surface area contributed by atoms with Crippen LogP contribution >= 0.6 is 11.3 Å². The maximum absolute atomic E-state index is 12.5. The highest BCUT2D eigenvalue weighted by Gasteiger charge is 2.34. The molecule has 1 aromatic heterocycles. The van der Waals surface area contributed by atoms with E-state index in [4.69, 9.17) is 0 Å². The van der Waals surface area contributed by atoms with Gasteiger partial charge in [0.25, 0.3) is 21.7 Å². The number of amides is 1. The topological polar surface area (TPSA) is 139 Å². The molecule has 11 heteroatoms. The Hall–Kier alpha value is -2.89. The highest BCUT2D eigenvalue weighted by molar-refractivity contribution is 7.86. The molecule has 2 N–H and O–H groups in total. The van der Waals surface area contributed by atoms with Crippen molar-refractivity contribution in [2.75, 3.05) is 5.32 Å². The summed E-state index contributed by atoms with van der Waals surface area (Å²) in [6.45, 7) is 0. The van der Waals surface area contributed by atoms with Gasteiger partial charge in [-0.3, -0.25) is 19.5 Å². The maximum Gasteiger partial charge on any atom is 0.281 e. The number of fused-ring (bicyclic) bond motifs is 1. The summed E-state index contributed by atoms with van der Waals surface area (Å²) < 4.78 is 33.7. The minimum absolute atomic E-state index is 0.148. The molecule has 0 radical (unpaired) electrons. The quantitative estimate of drug-likeness (QED) is 0.386. The molecule has 3 rings (SSSR count). The average Bonchev–Trinajstić information content (AvgIpc) is 2.95. The summed E-state index contributed by atoms with van der Waals surface area (Å²) >= 11 is 1.13. The van der Waals surface area contributed by atoms with E-state index in [2.05, 4.69) is 10.3 Å². The van der Waals surface area contributed by atoms with Gasteiger partial charge in [0.15, 0.2) is 10.4 Å². The molecular formula is C15H11N3O6S2. The molecule has 0 spiro atoms. The molecule has 1 heterocycles. The molecule has 0 saturated carbocycles. The lowest BCUT2D eigenvalue weighted by molar-refractivity contribution is -0.384. The lowest BCUT2D eigenvalue weighted by Crippen LogP contribution is -2.27. The van der Waals surface area contributed by atoms with Crippen LogP contribution in [0.4, 0.5) is 10.8 Å². The van der Waals surface area contributed by atoms with Crippen LogP contribution in [0.15, 0.2) is 48.5 Å². The first-order chi connectivity index (χ1) is 12.3. The third kappa shape index (κ3) is 3.69. The second-order valence-corrected chi connectivity index (χ2v) is 7.76. The smallest absolute Gasteiger partial charge is 0.281 e. The number of para-hydroxylation sites is 1. The summed E-state index contributed by atoms with van der Waals surface area (Å²) in [5.41, 5.74) is -0.00389. The summed E-state index contributed by atoms with van der Waals surface area (Å²) in [5.74, 6) is -1.06. The number of nitrogens with zero attached hydrogens (tertiary/aromatic N) is 2. The van der Waals surface area contributed by atoms with Crippen LogP contribution < -0.4 is 5.32 Å². The molecule has 9 nitrogen and oxygen atoms in total. The molecule has 1 atom stereocenters. The molecule has 134 valence electrons. The van der Waals surface area contributed by atoms with Gasteiger partial charge in [-0.1, -0.05) is 35.6 Å². The highest BCUT2D eigenvalue weighted by Crippen LogP contribution is 2.29. The van der Waals surface area contributed by atoms with Crippen molar-refractivity contribution in [2.24, 2.45) is 0 Å². The van der Waals surface area contributed by atoms with Gasteiger partial charge in [0, 0.05) is 12.1 Å². The van der Waals surface area contributed by atoms with Crippen LogP contribution in [0.25, 0.3) is 10.2 Å². The van der Waals surface area contributed by atoms with E-state index in [1.165, 1.54) is 12.1 Å². The number of hydrogen-bond donors (Lipinski definition) is 2. The van der Waals surface area contributed by atoms with E-state index in [0.29, 0.717) is 5.52 Å². The van der Waals surface area contributed by atoms with E-state index in [1.807, 2.05) is 0 Å². The van der Waals surface area contributed by atoms with Crippen LogP contribution in [0.2, 0.25) is 0 Å². The number of carbonyl (C=O) groups excluding carboxylic acids is 1. The summed E-state index contributed by atoms with van der Waals surface area (Å²) in [4.78, 5) is 26.8. The number of nitro benzene ring substituents is 1. The van der Waals surface area contributed by atoms with Gasteiger partial charge >= 0.3 is 0 Å². The predicted molar refractivity (Wildman–Crippen MR) is 95.6 cm³/mol. The first-order valence-corrected chi connectivity index (χ1v) is 9.45. The number of anilines is 1. The molecule has 0 aliphatic carbocycles. The van der Waals surface area contributed by atoms with Crippen molar-refractivity contribution < 1.29 is 22.7 Å². The molecule has 0 aliphatic rings. The fourth-order valence-corrected chi connectivity index (χ4v) is 4.05. The van der Waals surface area contributed by atoms with E-state index in [1.54, 1.807) is 24.3 Å². The van der Waals surface area contributed by atoms with Gasteiger partial charge in [-0.15, -0.1) is 0 Å². The Bertz CT molecular complexity index is 1080. The molecule has 3 aromatic rings. The van der Waals surface area contributed by atoms with Crippen LogP contribution in [-0.2, 0) is 14.9 Å². The molecule has 0 saturated heterocycles. The molecule has 2 aromatic carbocycles. The number of rotatable bonds is 5. The number of benzene rings is 2. The Kier molecular flexibility index (Phi) is 4.68. The Morgan fingerprint density at radius 3 is 2.62 bits per heavy atom. The molecular weight excluding hydrogens is 382 g/mol. The van der Waals surface area contributed by atoms with Crippen LogP contribution in [0, 0.1) is 10.1 Å². The Morgan fingerprint density at radius 2 is 1.96 bits per heavy atom. The molecule has 0 fully saturated rings. The Labute approximate surface area is 151 Å². The lowest BCUT2D eigenvalue weighted by Gasteiger charge is -2.13. The van der Waals surface area contributed by atoms with Gasteiger partial charge in [-0.05, 0) is 17.7 Å². The number of nitrogens with one attached hydrogen (secondary N) is 1. The van der Waals surface area contributed by atoms with Crippen molar-refractivity contribution in [3.63, 3.8) is 0 Å². The summed E-state index contributed by atoms with van der Waals surface area (Å²) in [6, 6.07) is 11.6. The van der Waals surface area contributed by atoms with E-state index in [0.717, 1.165) is 28.2 Å². The maximum atomic E-state index is 12.5. The Balaban J connectivity index is 1.96. The predicted octanol–water partition coefficient (Wildman–Crippen LogP) is 2.77. The highest BCUT2D eigenvalue weighted by atomic mass is 32.2. The third-order valence-corrected chi connectivity index (χ3v) is 5.48. The van der Waals surface area contributed by atoms with Gasteiger partial charge in [0.05, 0.1) is 15.1 Å². The summed E-state index contributed by atoms with van der Waals surface area (Å²) in [7, 11) is -4.87. The lowest BCUT2D eigenvalue weighted by atomic mass is 10.1. The largest absolute Gasteiger partial charge is 0.300 e. The minimum Gasteiger partial charge on any atom is -0.300 e. The monoisotopic (exact) mass is 393 g/mol. The number of hydrogen-bond acceptors (Lipinski definition) is 7. The van der Waals surface area contributed by atoms with Gasteiger partial charge < -0.3 is 5.32 Å². The zero-order valence-electron chi connectivity index (χ0n) is 12.9. The number of aromatic nitrogens is 1. The van der Waals surface area contributed by atoms with Crippen LogP contribution in [0.5, 0.6) is 0 Å². The second-order valence-electron chi connectivity index (χ2n) is 5.22. The molecule has 1 amide bonds. The van der Waals surface area contributed by atoms with Crippen molar-refractivity contribution in [3.05, 3.63) is 64.2 Å². The van der Waals surface area contributed by atoms with Crippen molar-refractivity contribution in [1.82, 2.24) is 4.98 Å². The fraction of sp³-hybridized carbons (Fsp3) is 0.0667. The zero-order valence-corrected chi connectivity index (χ0v) is 14.5. The number of carbonyl (C=O) groups is 1. The SMILES string of the molecule is O=C(Nc1nc2ccccc2s1)C(c1cccc([N+](=O)[O-])c1)S(=O)(=O)O. The number of nitro groups is 1. The Morgan fingerprint density at radius 1 is 1.23 bits per heavy atom. The zero-order chi connectivity index (χ0) is 18.9. The van der Waals surface area contributed by atoms with Crippen LogP contribution in [0.3, 0.4) is 0 Å². The van der Waals surface area contributed by atoms with Crippen molar-refractivity contribution in [3.8, 4) is 0 Å². The van der Waals surface area contributed by atoms with E-state index in [-0.39, 0.29) is 10.7 Å². The molecule has 0 bridgehead atoms. The summed E-state index contributed by atoms with van der Waals surface area (Å²) in [6.07, 6.45) is 0. The van der Waals surface area contributed by atoms with Gasteiger partial charge in [0.1, 0.15) is 0 Å². The van der Waals surface area contributed by atoms with E-state index in [9.17, 15) is 27.9 Å². The van der Waals surface area contributed by atoms with Gasteiger partial charge in [-0.2, -0.15) is 8.42 Å². The van der Waals surface area contributed by atoms with Crippen molar-refractivity contribution in [2.45, 2.75) is 5.25 Å². The standard InChI is InChI=1S/C15H11N3O6S2/c19-14(17-15-16-11-6-1-2-7-12(11)25-15)13(26(22,23)24)9-4-3-5-10(8-9)18(20)21/h1-8,13H,(H,16,17,19)(H,22,23,24). The van der Waals surface area contributed by atoms with Crippen LogP contribution in [0.1, 0.15) is 10.8 Å². The fourth-order valence-electron chi connectivity index (χ4n) is 2.36. The molecule has 1 unspecified atom stereocenters. The van der Waals surface area contributed by atoms with Crippen molar-refractivity contribution in [1.29, 1.82) is 0 Å². The summed E-state index contributed by atoms with van der Waals surface area (Å²) in [5, 5.41) is 11.3. The third-order valence-electron chi connectivity index (χ3n) is 3.44. The van der Waals surface area contributed by atoms with Gasteiger partial charge in [-0.25, -0.2) is 4.98 Å². The molecule has 0 aliphatic heterocycles. The molecule has 26 heavy (non-hydrogen) atoms. The minimum atomic E-state index is -4.87. The van der Waals surface area contributed by atoms with E-state index >= 15 is 0 Å². The first kappa shape index (κ1) is 17.9. The average molecular weight is 393 g/mol. The first-order valence-electron chi connectivity index (χ1n) is 7.13. The van der Waals surface area contributed by atoms with Crippen molar-refractivity contribution >= 4 is 48.4 Å². The van der Waals surface area contributed by atoms with Gasteiger partial charge in [0.2, 0.25) is 0 Å². The van der Waals surface area contributed by atoms with E-state index < -0.39 is 31.9 Å². The number of thiazole rings is 1. The number of non-ortho nitro benzene ring substituents is 1. The second kappa shape index (κ2) is 6.78. The van der Waals surface area contributed by atoms with Crippen LogP contribution in [-0.4, -0.2) is 28.8 Å².